The normalized spacial score (nSPS) is 14.6. The molecule has 0 saturated carbocycles. The van der Waals surface area contributed by atoms with E-state index < -0.39 is 0 Å². The molecule has 1 heteroatoms. The molecule has 0 heterocycles. The van der Waals surface area contributed by atoms with Crippen LogP contribution in [0.1, 0.15) is 43.9 Å². The highest BCUT2D eigenvalue weighted by Gasteiger charge is 2.16. The predicted octanol–water partition coefficient (Wildman–Crippen LogP) is 3.87. The van der Waals surface area contributed by atoms with Gasteiger partial charge in [-0.2, -0.15) is 0 Å². The summed E-state index contributed by atoms with van der Waals surface area (Å²) >= 11 is 0. The summed E-state index contributed by atoms with van der Waals surface area (Å²) in [6.45, 7) is 12.3. The molecule has 1 N–H and O–H groups in total. The van der Waals surface area contributed by atoms with Crippen molar-refractivity contribution in [1.29, 1.82) is 0 Å². The Hall–Kier alpha value is -0.820. The average molecular weight is 233 g/mol. The van der Waals surface area contributed by atoms with Gasteiger partial charge in [-0.15, -0.1) is 0 Å². The summed E-state index contributed by atoms with van der Waals surface area (Å²) < 4.78 is 0. The first-order valence-corrected chi connectivity index (χ1v) is 6.88. The summed E-state index contributed by atoms with van der Waals surface area (Å²) in [6.07, 6.45) is 2.39. The molecule has 0 amide bonds. The van der Waals surface area contributed by atoms with Gasteiger partial charge in [0.2, 0.25) is 0 Å². The first-order chi connectivity index (χ1) is 8.08. The molecule has 1 aromatic carbocycles. The summed E-state index contributed by atoms with van der Waals surface area (Å²) in [4.78, 5) is 0. The van der Waals surface area contributed by atoms with Crippen LogP contribution in [0.25, 0.3) is 0 Å². The molecule has 0 aromatic heterocycles. The Labute approximate surface area is 107 Å². The van der Waals surface area contributed by atoms with E-state index in [-0.39, 0.29) is 0 Å². The van der Waals surface area contributed by atoms with Crippen LogP contribution in [0.2, 0.25) is 0 Å². The highest BCUT2D eigenvalue weighted by Crippen LogP contribution is 2.17. The molecule has 0 aliphatic rings. The minimum absolute atomic E-state index is 0.602. The molecule has 0 saturated heterocycles. The summed E-state index contributed by atoms with van der Waals surface area (Å²) in [5.41, 5.74) is 4.28. The van der Waals surface area contributed by atoms with E-state index in [1.165, 1.54) is 23.1 Å². The molecule has 0 radical (unpaired) electrons. The maximum atomic E-state index is 3.63. The number of aryl methyl sites for hydroxylation is 2. The van der Waals surface area contributed by atoms with Crippen molar-refractivity contribution in [2.75, 3.05) is 6.54 Å². The third kappa shape index (κ3) is 4.16. The van der Waals surface area contributed by atoms with Crippen molar-refractivity contribution < 1.29 is 0 Å². The molecule has 96 valence electrons. The van der Waals surface area contributed by atoms with Gasteiger partial charge in [0, 0.05) is 6.04 Å². The van der Waals surface area contributed by atoms with Crippen LogP contribution in [0.4, 0.5) is 0 Å². The van der Waals surface area contributed by atoms with Gasteiger partial charge >= 0.3 is 0 Å². The molecule has 1 rings (SSSR count). The van der Waals surface area contributed by atoms with E-state index in [0.717, 1.165) is 18.9 Å². The van der Waals surface area contributed by atoms with Gasteiger partial charge in [0.25, 0.3) is 0 Å². The minimum atomic E-state index is 0.602. The van der Waals surface area contributed by atoms with Crippen LogP contribution < -0.4 is 5.32 Å². The largest absolute Gasteiger partial charge is 0.314 e. The van der Waals surface area contributed by atoms with Crippen LogP contribution in [0, 0.1) is 19.8 Å². The maximum Gasteiger partial charge on any atom is 0.0133 e. The minimum Gasteiger partial charge on any atom is -0.314 e. The van der Waals surface area contributed by atoms with Crippen molar-refractivity contribution in [2.24, 2.45) is 5.92 Å². The van der Waals surface area contributed by atoms with Crippen LogP contribution in [0.15, 0.2) is 18.2 Å². The van der Waals surface area contributed by atoms with Crippen LogP contribution in [-0.2, 0) is 6.42 Å². The highest BCUT2D eigenvalue weighted by molar-refractivity contribution is 5.31. The number of rotatable bonds is 6. The van der Waals surface area contributed by atoms with Crippen molar-refractivity contribution in [3.05, 3.63) is 34.9 Å². The lowest BCUT2D eigenvalue weighted by molar-refractivity contribution is 0.370. The Balaban J connectivity index is 2.81. The van der Waals surface area contributed by atoms with E-state index in [9.17, 15) is 0 Å². The van der Waals surface area contributed by atoms with Crippen molar-refractivity contribution in [3.8, 4) is 0 Å². The second-order valence-electron chi connectivity index (χ2n) is 5.18. The quantitative estimate of drug-likeness (QED) is 0.786. The molecular weight excluding hydrogens is 206 g/mol. The van der Waals surface area contributed by atoms with Gasteiger partial charge in [-0.1, -0.05) is 51.0 Å². The molecule has 0 aliphatic heterocycles. The zero-order chi connectivity index (χ0) is 12.8. The SMILES string of the molecule is CCNC(Cc1cc(C)ccc1C)C(C)CC. The van der Waals surface area contributed by atoms with Crippen LogP contribution in [-0.4, -0.2) is 12.6 Å². The van der Waals surface area contributed by atoms with Crippen molar-refractivity contribution in [2.45, 2.75) is 53.5 Å². The fraction of sp³-hybridized carbons (Fsp3) is 0.625. The van der Waals surface area contributed by atoms with Crippen molar-refractivity contribution in [3.63, 3.8) is 0 Å². The van der Waals surface area contributed by atoms with Crippen molar-refractivity contribution in [1.82, 2.24) is 5.32 Å². The molecule has 0 aliphatic carbocycles. The van der Waals surface area contributed by atoms with Gasteiger partial charge in [-0.3, -0.25) is 0 Å². The van der Waals surface area contributed by atoms with Gasteiger partial charge < -0.3 is 5.32 Å². The van der Waals surface area contributed by atoms with Gasteiger partial charge in [0.05, 0.1) is 0 Å². The molecular formula is C16H27N. The average Bonchev–Trinajstić information content (AvgIpc) is 2.32. The number of hydrogen-bond donors (Lipinski definition) is 1. The summed E-state index contributed by atoms with van der Waals surface area (Å²) in [6, 6.07) is 7.38. The Morgan fingerprint density at radius 3 is 2.47 bits per heavy atom. The van der Waals surface area contributed by atoms with Gasteiger partial charge in [0.15, 0.2) is 0 Å². The van der Waals surface area contributed by atoms with Gasteiger partial charge in [0.1, 0.15) is 0 Å². The molecule has 17 heavy (non-hydrogen) atoms. The molecule has 0 bridgehead atoms. The topological polar surface area (TPSA) is 12.0 Å². The highest BCUT2D eigenvalue weighted by atomic mass is 14.9. The summed E-state index contributed by atoms with van der Waals surface area (Å²) in [5, 5.41) is 3.63. The standard InChI is InChI=1S/C16H27N/c1-6-13(4)16(17-7-2)11-15-10-12(3)8-9-14(15)5/h8-10,13,16-17H,6-7,11H2,1-5H3. The number of nitrogens with one attached hydrogen (secondary N) is 1. The first kappa shape index (κ1) is 14.2. The zero-order valence-electron chi connectivity index (χ0n) is 12.0. The molecule has 1 nitrogen and oxygen atoms in total. The summed E-state index contributed by atoms with van der Waals surface area (Å²) in [7, 11) is 0. The van der Waals surface area contributed by atoms with E-state index in [1.54, 1.807) is 0 Å². The molecule has 2 unspecified atom stereocenters. The van der Waals surface area contributed by atoms with Crippen LogP contribution in [0.3, 0.4) is 0 Å². The Kier molecular flexibility index (Phi) is 5.70. The third-order valence-corrected chi connectivity index (χ3v) is 3.74. The lowest BCUT2D eigenvalue weighted by Gasteiger charge is -2.25. The molecule has 0 fully saturated rings. The predicted molar refractivity (Wildman–Crippen MR) is 76.5 cm³/mol. The fourth-order valence-corrected chi connectivity index (χ4v) is 2.28. The Morgan fingerprint density at radius 2 is 1.88 bits per heavy atom. The third-order valence-electron chi connectivity index (χ3n) is 3.74. The first-order valence-electron chi connectivity index (χ1n) is 6.88. The number of hydrogen-bond acceptors (Lipinski definition) is 1. The monoisotopic (exact) mass is 233 g/mol. The van der Waals surface area contributed by atoms with Crippen molar-refractivity contribution >= 4 is 0 Å². The Morgan fingerprint density at radius 1 is 1.18 bits per heavy atom. The van der Waals surface area contributed by atoms with Crippen LogP contribution >= 0.6 is 0 Å². The zero-order valence-corrected chi connectivity index (χ0v) is 12.0. The number of likely N-dealkylation sites (N-methyl/N-ethyl adjacent to an activating group) is 1. The second kappa shape index (κ2) is 6.80. The van der Waals surface area contributed by atoms with E-state index in [4.69, 9.17) is 0 Å². The Bertz CT molecular complexity index is 343. The lowest BCUT2D eigenvalue weighted by atomic mass is 9.90. The van der Waals surface area contributed by atoms with E-state index in [2.05, 4.69) is 58.1 Å². The van der Waals surface area contributed by atoms with Gasteiger partial charge in [-0.05, 0) is 43.9 Å². The molecule has 0 spiro atoms. The molecule has 1 aromatic rings. The second-order valence-corrected chi connectivity index (χ2v) is 5.18. The molecule has 2 atom stereocenters. The maximum absolute atomic E-state index is 3.63. The van der Waals surface area contributed by atoms with Gasteiger partial charge in [-0.25, -0.2) is 0 Å². The van der Waals surface area contributed by atoms with E-state index in [0.29, 0.717) is 6.04 Å². The fourth-order valence-electron chi connectivity index (χ4n) is 2.28. The smallest absolute Gasteiger partial charge is 0.0133 e. The lowest BCUT2D eigenvalue weighted by Crippen LogP contribution is -2.36. The van der Waals surface area contributed by atoms with E-state index in [1.807, 2.05) is 0 Å². The van der Waals surface area contributed by atoms with Crippen LogP contribution in [0.5, 0.6) is 0 Å². The summed E-state index contributed by atoms with van der Waals surface area (Å²) in [5.74, 6) is 0.731. The van der Waals surface area contributed by atoms with E-state index >= 15 is 0 Å². The number of benzene rings is 1.